The van der Waals surface area contributed by atoms with Crippen LogP contribution in [0.25, 0.3) is 0 Å². The van der Waals surface area contributed by atoms with Gasteiger partial charge in [-0.15, -0.1) is 0 Å². The molecule has 7 heteroatoms. The molecule has 1 aromatic carbocycles. The Morgan fingerprint density at radius 2 is 1.82 bits per heavy atom. The van der Waals surface area contributed by atoms with Crippen LogP contribution in [0.2, 0.25) is 5.02 Å². The first-order chi connectivity index (χ1) is 13.3. The molecule has 0 atom stereocenters. The number of likely N-dealkylation sites (tertiary alicyclic amines) is 1. The van der Waals surface area contributed by atoms with E-state index < -0.39 is 0 Å². The highest BCUT2D eigenvalue weighted by Gasteiger charge is 2.20. The highest BCUT2D eigenvalue weighted by Crippen LogP contribution is 2.22. The van der Waals surface area contributed by atoms with E-state index in [0.29, 0.717) is 17.1 Å². The minimum Gasteiger partial charge on any atom is -0.462 e. The fourth-order valence-corrected chi connectivity index (χ4v) is 3.41. The fourth-order valence-electron chi connectivity index (χ4n) is 3.17. The largest absolute Gasteiger partial charge is 0.462 e. The average Bonchev–Trinajstić information content (AvgIpc) is 3.18. The molecule has 2 aliphatic rings. The van der Waals surface area contributed by atoms with E-state index in [2.05, 4.69) is 15.0 Å². The maximum atomic E-state index is 12.3. The van der Waals surface area contributed by atoms with Crippen LogP contribution in [0, 0.1) is 0 Å². The highest BCUT2D eigenvalue weighted by molar-refractivity contribution is 6.31. The van der Waals surface area contributed by atoms with Gasteiger partial charge >= 0.3 is 0 Å². The van der Waals surface area contributed by atoms with Crippen molar-refractivity contribution < 1.29 is 14.3 Å². The number of carbonyl (C=O) groups excluding carboxylic acids is 2. The number of rotatable bonds is 4. The molecule has 1 amide bonds. The number of halogens is 1. The molecule has 3 rings (SSSR count). The molecule has 0 aliphatic carbocycles. The van der Waals surface area contributed by atoms with Gasteiger partial charge < -0.3 is 15.0 Å². The predicted octanol–water partition coefficient (Wildman–Crippen LogP) is 2.94. The standard InChI is InChI=1S/C16H22ClN3O.C5H10O2/c17-15-11-13(16(21)20-7-1-2-8-20)3-4-14(15)12-19-9-5-18-6-10-19;1-5(2,3)7-4-6/h3-4,11,18H,1-2,5-10,12H2;4H,1-3H3. The van der Waals surface area contributed by atoms with Gasteiger partial charge in [-0.05, 0) is 51.3 Å². The minimum absolute atomic E-state index is 0.114. The molecule has 1 N–H and O–H groups in total. The Bertz CT molecular complexity index is 649. The third-order valence-corrected chi connectivity index (χ3v) is 5.05. The SMILES string of the molecule is CC(C)(C)OC=O.O=C(c1ccc(CN2CCNCC2)c(Cl)c1)N1CCCC1. The molecule has 0 spiro atoms. The summed E-state index contributed by atoms with van der Waals surface area (Å²) in [5.74, 6) is 0.114. The number of nitrogens with zero attached hydrogens (tertiary/aromatic N) is 2. The van der Waals surface area contributed by atoms with Gasteiger partial charge in [-0.3, -0.25) is 14.5 Å². The zero-order chi connectivity index (χ0) is 20.6. The summed E-state index contributed by atoms with van der Waals surface area (Å²) in [5, 5.41) is 4.05. The van der Waals surface area contributed by atoms with Crippen LogP contribution >= 0.6 is 11.6 Å². The van der Waals surface area contributed by atoms with Gasteiger partial charge in [0.2, 0.25) is 0 Å². The van der Waals surface area contributed by atoms with Gasteiger partial charge in [-0.25, -0.2) is 0 Å². The molecule has 0 unspecified atom stereocenters. The summed E-state index contributed by atoms with van der Waals surface area (Å²) in [7, 11) is 0. The maximum Gasteiger partial charge on any atom is 0.293 e. The molecule has 0 saturated carbocycles. The van der Waals surface area contributed by atoms with E-state index in [0.717, 1.165) is 64.2 Å². The van der Waals surface area contributed by atoms with E-state index in [4.69, 9.17) is 11.6 Å². The van der Waals surface area contributed by atoms with Crippen LogP contribution in [-0.4, -0.2) is 67.0 Å². The smallest absolute Gasteiger partial charge is 0.293 e. The molecule has 6 nitrogen and oxygen atoms in total. The molecule has 2 fully saturated rings. The van der Waals surface area contributed by atoms with Crippen LogP contribution in [-0.2, 0) is 16.1 Å². The second-order valence-corrected chi connectivity index (χ2v) is 8.57. The summed E-state index contributed by atoms with van der Waals surface area (Å²) in [5.41, 5.74) is 1.50. The van der Waals surface area contributed by atoms with Crippen molar-refractivity contribution >= 4 is 24.0 Å². The molecule has 156 valence electrons. The summed E-state index contributed by atoms with van der Waals surface area (Å²) in [4.78, 5) is 26.3. The summed E-state index contributed by atoms with van der Waals surface area (Å²) in [6.07, 6.45) is 2.22. The van der Waals surface area contributed by atoms with E-state index in [-0.39, 0.29) is 11.5 Å². The fraction of sp³-hybridized carbons (Fsp3) is 0.619. The van der Waals surface area contributed by atoms with Crippen molar-refractivity contribution in [2.24, 2.45) is 0 Å². The van der Waals surface area contributed by atoms with E-state index in [9.17, 15) is 9.59 Å². The second kappa shape index (κ2) is 10.8. The summed E-state index contributed by atoms with van der Waals surface area (Å²) in [6.45, 7) is 12.7. The number of piperazine rings is 1. The lowest BCUT2D eigenvalue weighted by atomic mass is 10.1. The number of ether oxygens (including phenoxy) is 1. The number of nitrogens with one attached hydrogen (secondary N) is 1. The summed E-state index contributed by atoms with van der Waals surface area (Å²) < 4.78 is 4.55. The van der Waals surface area contributed by atoms with Crippen LogP contribution < -0.4 is 5.32 Å². The van der Waals surface area contributed by atoms with Gasteiger partial charge in [0.05, 0.1) is 0 Å². The van der Waals surface area contributed by atoms with Crippen molar-refractivity contribution in [2.75, 3.05) is 39.3 Å². The van der Waals surface area contributed by atoms with Crippen LogP contribution in [0.5, 0.6) is 0 Å². The van der Waals surface area contributed by atoms with Crippen molar-refractivity contribution in [3.8, 4) is 0 Å². The van der Waals surface area contributed by atoms with Gasteiger partial charge in [-0.2, -0.15) is 0 Å². The van der Waals surface area contributed by atoms with Crippen LogP contribution in [0.1, 0.15) is 49.5 Å². The van der Waals surface area contributed by atoms with Crippen LogP contribution in [0.3, 0.4) is 0 Å². The summed E-state index contributed by atoms with van der Waals surface area (Å²) in [6, 6.07) is 5.76. The lowest BCUT2D eigenvalue weighted by Gasteiger charge is -2.27. The molecule has 0 radical (unpaired) electrons. The third-order valence-electron chi connectivity index (χ3n) is 4.70. The molecule has 2 saturated heterocycles. The number of hydrogen-bond donors (Lipinski definition) is 1. The maximum absolute atomic E-state index is 12.3. The monoisotopic (exact) mass is 409 g/mol. The third kappa shape index (κ3) is 7.41. The number of benzene rings is 1. The van der Waals surface area contributed by atoms with Gasteiger partial charge in [-0.1, -0.05) is 17.7 Å². The Morgan fingerprint density at radius 3 is 2.32 bits per heavy atom. The Kier molecular flexibility index (Phi) is 8.73. The van der Waals surface area contributed by atoms with Gasteiger partial charge in [0.25, 0.3) is 12.4 Å². The first-order valence-corrected chi connectivity index (χ1v) is 10.3. The Hall–Kier alpha value is -1.63. The molecule has 1 aromatic rings. The molecule has 28 heavy (non-hydrogen) atoms. The van der Waals surface area contributed by atoms with Crippen LogP contribution in [0.4, 0.5) is 0 Å². The van der Waals surface area contributed by atoms with Gasteiger partial charge in [0, 0.05) is 56.4 Å². The Labute approximate surface area is 173 Å². The van der Waals surface area contributed by atoms with Gasteiger partial charge in [0.1, 0.15) is 5.60 Å². The van der Waals surface area contributed by atoms with Crippen molar-refractivity contribution in [1.29, 1.82) is 0 Å². The zero-order valence-electron chi connectivity index (χ0n) is 17.2. The average molecular weight is 410 g/mol. The van der Waals surface area contributed by atoms with E-state index >= 15 is 0 Å². The zero-order valence-corrected chi connectivity index (χ0v) is 17.9. The van der Waals surface area contributed by atoms with E-state index in [1.54, 1.807) is 0 Å². The molecule has 0 bridgehead atoms. The molecule has 2 aliphatic heterocycles. The predicted molar refractivity (Wildman–Crippen MR) is 112 cm³/mol. The number of carbonyl (C=O) groups is 2. The minimum atomic E-state index is -0.318. The molecule has 0 aromatic heterocycles. The molecular formula is C21H32ClN3O3. The molecule has 2 heterocycles. The Morgan fingerprint density at radius 1 is 1.18 bits per heavy atom. The van der Waals surface area contributed by atoms with Crippen molar-refractivity contribution in [3.05, 3.63) is 34.3 Å². The van der Waals surface area contributed by atoms with Crippen LogP contribution in [0.15, 0.2) is 18.2 Å². The van der Waals surface area contributed by atoms with E-state index in [1.807, 2.05) is 43.9 Å². The lowest BCUT2D eigenvalue weighted by molar-refractivity contribution is -0.138. The first kappa shape index (κ1) is 22.7. The highest BCUT2D eigenvalue weighted by atomic mass is 35.5. The topological polar surface area (TPSA) is 61.9 Å². The van der Waals surface area contributed by atoms with Crippen molar-refractivity contribution in [2.45, 2.75) is 45.8 Å². The van der Waals surface area contributed by atoms with Crippen molar-refractivity contribution in [1.82, 2.24) is 15.1 Å². The molecular weight excluding hydrogens is 378 g/mol. The first-order valence-electron chi connectivity index (χ1n) is 9.92. The number of hydrogen-bond acceptors (Lipinski definition) is 5. The van der Waals surface area contributed by atoms with Gasteiger partial charge in [0.15, 0.2) is 0 Å². The van der Waals surface area contributed by atoms with E-state index in [1.165, 1.54) is 0 Å². The second-order valence-electron chi connectivity index (χ2n) is 8.16. The quantitative estimate of drug-likeness (QED) is 0.774. The summed E-state index contributed by atoms with van der Waals surface area (Å²) >= 11 is 6.39. The Balaban J connectivity index is 0.000000345. The normalized spacial score (nSPS) is 17.6. The lowest BCUT2D eigenvalue weighted by Crippen LogP contribution is -2.42. The number of amides is 1. The van der Waals surface area contributed by atoms with Crippen molar-refractivity contribution in [3.63, 3.8) is 0 Å².